The van der Waals surface area contributed by atoms with Crippen LogP contribution in [-0.2, 0) is 4.74 Å². The highest BCUT2D eigenvalue weighted by Crippen LogP contribution is 2.31. The number of carbonyl (C=O) groups is 1. The summed E-state index contributed by atoms with van der Waals surface area (Å²) >= 11 is 0. The van der Waals surface area contributed by atoms with Crippen molar-refractivity contribution < 1.29 is 9.53 Å². The molecule has 168 valence electrons. The van der Waals surface area contributed by atoms with Crippen LogP contribution in [0.1, 0.15) is 41.5 Å². The Balaban J connectivity index is 1.51. The Morgan fingerprint density at radius 2 is 1.85 bits per heavy atom. The van der Waals surface area contributed by atoms with Crippen molar-refractivity contribution in [3.05, 3.63) is 72.2 Å². The summed E-state index contributed by atoms with van der Waals surface area (Å²) < 4.78 is 4.93. The zero-order valence-electron chi connectivity index (χ0n) is 19.1. The molecule has 0 spiro atoms. The van der Waals surface area contributed by atoms with E-state index in [4.69, 9.17) is 4.74 Å². The number of fused-ring (bicyclic) bond motifs is 1. The maximum Gasteiger partial charge on any atom is 0.338 e. The average molecular weight is 443 g/mol. The molecule has 0 bridgehead atoms. The van der Waals surface area contributed by atoms with E-state index in [1.165, 1.54) is 13.4 Å². The molecule has 0 fully saturated rings. The Morgan fingerprint density at radius 3 is 2.61 bits per heavy atom. The minimum Gasteiger partial charge on any atom is -0.465 e. The third-order valence-corrected chi connectivity index (χ3v) is 5.90. The summed E-state index contributed by atoms with van der Waals surface area (Å²) in [6.45, 7) is 6.90. The summed E-state index contributed by atoms with van der Waals surface area (Å²) in [4.78, 5) is 33.9. The topological polar surface area (TPSA) is 103 Å². The molecule has 0 amide bonds. The molecule has 2 atom stereocenters. The molecule has 4 rings (SSSR count). The number of methoxy groups -OCH3 is 1. The van der Waals surface area contributed by atoms with Gasteiger partial charge < -0.3 is 10.1 Å². The summed E-state index contributed by atoms with van der Waals surface area (Å²) in [5, 5.41) is 4.22. The van der Waals surface area contributed by atoms with E-state index in [2.05, 4.69) is 50.2 Å². The average Bonchev–Trinajstić information content (AvgIpc) is 2.86. The lowest BCUT2D eigenvalue weighted by atomic mass is 9.87. The first-order valence-corrected chi connectivity index (χ1v) is 10.8. The first-order chi connectivity index (χ1) is 16.0. The molecular weight excluding hydrogens is 416 g/mol. The van der Waals surface area contributed by atoms with Gasteiger partial charge in [-0.3, -0.25) is 4.98 Å². The molecule has 1 aromatic carbocycles. The van der Waals surface area contributed by atoms with E-state index in [1.54, 1.807) is 24.7 Å². The van der Waals surface area contributed by atoms with Crippen LogP contribution in [0.5, 0.6) is 0 Å². The second-order valence-electron chi connectivity index (χ2n) is 8.05. The highest BCUT2D eigenvalue weighted by atomic mass is 16.5. The van der Waals surface area contributed by atoms with Gasteiger partial charge in [-0.1, -0.05) is 32.0 Å². The molecule has 0 saturated heterocycles. The number of anilines is 1. The second-order valence-corrected chi connectivity index (χ2v) is 8.05. The molecule has 8 heteroatoms. The molecule has 0 aliphatic carbocycles. The van der Waals surface area contributed by atoms with E-state index < -0.39 is 0 Å². The van der Waals surface area contributed by atoms with E-state index in [0.717, 1.165) is 39.4 Å². The van der Waals surface area contributed by atoms with Gasteiger partial charge in [0.05, 0.1) is 23.9 Å². The number of aromatic nitrogens is 5. The predicted molar refractivity (Wildman–Crippen MR) is 127 cm³/mol. The van der Waals surface area contributed by atoms with Gasteiger partial charge in [-0.2, -0.15) is 0 Å². The normalized spacial score (nSPS) is 12.8. The summed E-state index contributed by atoms with van der Waals surface area (Å²) in [7, 11) is 1.39. The summed E-state index contributed by atoms with van der Waals surface area (Å²) in [5.74, 6) is 1.55. The van der Waals surface area contributed by atoms with Crippen LogP contribution in [0.4, 0.5) is 5.82 Å². The SMILES string of the molecule is COC(=O)c1ccnc2c(C(C)C(C)CNc3cc(-c4cnc(C)nc4)ncn3)cccc12. The number of hydrogen-bond donors (Lipinski definition) is 1. The maximum absolute atomic E-state index is 12.2. The minimum atomic E-state index is -0.361. The van der Waals surface area contributed by atoms with E-state index >= 15 is 0 Å². The van der Waals surface area contributed by atoms with Gasteiger partial charge >= 0.3 is 5.97 Å². The van der Waals surface area contributed by atoms with Crippen molar-refractivity contribution in [2.75, 3.05) is 19.0 Å². The number of carbonyl (C=O) groups excluding carboxylic acids is 1. The first kappa shape index (κ1) is 22.3. The lowest BCUT2D eigenvalue weighted by Gasteiger charge is -2.22. The van der Waals surface area contributed by atoms with Gasteiger partial charge in [-0.15, -0.1) is 0 Å². The third kappa shape index (κ3) is 4.79. The van der Waals surface area contributed by atoms with Gasteiger partial charge in [0.25, 0.3) is 0 Å². The molecule has 0 radical (unpaired) electrons. The van der Waals surface area contributed by atoms with Gasteiger partial charge in [0.15, 0.2) is 0 Å². The van der Waals surface area contributed by atoms with Gasteiger partial charge in [-0.05, 0) is 30.4 Å². The minimum absolute atomic E-state index is 0.188. The van der Waals surface area contributed by atoms with Crippen molar-refractivity contribution in [2.24, 2.45) is 5.92 Å². The lowest BCUT2D eigenvalue weighted by Crippen LogP contribution is -2.18. The van der Waals surface area contributed by atoms with Crippen LogP contribution in [0.3, 0.4) is 0 Å². The maximum atomic E-state index is 12.2. The first-order valence-electron chi connectivity index (χ1n) is 10.8. The van der Waals surface area contributed by atoms with Crippen LogP contribution in [-0.4, -0.2) is 44.5 Å². The summed E-state index contributed by atoms with van der Waals surface area (Å²) in [6.07, 6.45) is 6.71. The van der Waals surface area contributed by atoms with Crippen LogP contribution < -0.4 is 5.32 Å². The molecule has 0 aliphatic heterocycles. The smallest absolute Gasteiger partial charge is 0.338 e. The van der Waals surface area contributed by atoms with Crippen LogP contribution >= 0.6 is 0 Å². The van der Waals surface area contributed by atoms with Crippen molar-refractivity contribution >= 4 is 22.7 Å². The number of benzene rings is 1. The molecule has 33 heavy (non-hydrogen) atoms. The van der Waals surface area contributed by atoms with Crippen molar-refractivity contribution in [2.45, 2.75) is 26.7 Å². The number of ether oxygens (including phenoxy) is 1. The molecule has 2 unspecified atom stereocenters. The molecule has 4 aromatic rings. The predicted octanol–water partition coefficient (Wildman–Crippen LogP) is 4.43. The Morgan fingerprint density at radius 1 is 1.06 bits per heavy atom. The molecule has 3 heterocycles. The lowest BCUT2D eigenvalue weighted by molar-refractivity contribution is 0.0603. The van der Waals surface area contributed by atoms with Gasteiger partial charge in [0.1, 0.15) is 18.0 Å². The number of para-hydroxylation sites is 1. The van der Waals surface area contributed by atoms with Gasteiger partial charge in [0.2, 0.25) is 0 Å². The largest absolute Gasteiger partial charge is 0.465 e. The van der Waals surface area contributed by atoms with Crippen molar-refractivity contribution in [3.8, 4) is 11.3 Å². The number of nitrogens with zero attached hydrogens (tertiary/aromatic N) is 5. The Kier molecular flexibility index (Phi) is 6.53. The van der Waals surface area contributed by atoms with Crippen LogP contribution in [0.15, 0.2) is 55.2 Å². The fraction of sp³-hybridized carbons (Fsp3) is 0.280. The zero-order chi connectivity index (χ0) is 23.4. The van der Waals surface area contributed by atoms with Crippen molar-refractivity contribution in [1.29, 1.82) is 0 Å². The molecule has 8 nitrogen and oxygen atoms in total. The van der Waals surface area contributed by atoms with Gasteiger partial charge in [0, 0.05) is 42.2 Å². The fourth-order valence-corrected chi connectivity index (χ4v) is 3.74. The standard InChI is InChI=1S/C25H26N6O2/c1-15(11-29-23-10-22(30-14-31-23)18-12-27-17(3)28-13-18)16(2)19-6-5-7-20-21(25(32)33-4)8-9-26-24(19)20/h5-10,12-16H,11H2,1-4H3,(H,29,30,31). The molecule has 3 aromatic heterocycles. The highest BCUT2D eigenvalue weighted by Gasteiger charge is 2.20. The zero-order valence-corrected chi connectivity index (χ0v) is 19.1. The molecular formula is C25H26N6O2. The van der Waals surface area contributed by atoms with E-state index in [1.807, 2.05) is 25.1 Å². The number of aryl methyl sites for hydroxylation is 1. The number of hydrogen-bond acceptors (Lipinski definition) is 8. The number of pyridine rings is 1. The van der Waals surface area contributed by atoms with E-state index in [9.17, 15) is 4.79 Å². The second kappa shape index (κ2) is 9.68. The summed E-state index contributed by atoms with van der Waals surface area (Å²) in [6, 6.07) is 9.53. The summed E-state index contributed by atoms with van der Waals surface area (Å²) in [5.41, 5.74) is 4.05. The monoisotopic (exact) mass is 442 g/mol. The Bertz CT molecular complexity index is 1280. The van der Waals surface area contributed by atoms with Crippen molar-refractivity contribution in [1.82, 2.24) is 24.9 Å². The van der Waals surface area contributed by atoms with Crippen LogP contribution in [0.2, 0.25) is 0 Å². The Labute approximate surface area is 192 Å². The molecule has 0 aliphatic rings. The molecule has 1 N–H and O–H groups in total. The van der Waals surface area contributed by atoms with Crippen molar-refractivity contribution in [3.63, 3.8) is 0 Å². The number of rotatable bonds is 7. The molecule has 0 saturated carbocycles. The van der Waals surface area contributed by atoms with Crippen LogP contribution in [0.25, 0.3) is 22.2 Å². The van der Waals surface area contributed by atoms with E-state index in [0.29, 0.717) is 12.1 Å². The third-order valence-electron chi connectivity index (χ3n) is 5.90. The van der Waals surface area contributed by atoms with E-state index in [-0.39, 0.29) is 17.8 Å². The Hall–Kier alpha value is -3.94. The van der Waals surface area contributed by atoms with Crippen LogP contribution in [0, 0.1) is 12.8 Å². The number of nitrogens with one attached hydrogen (secondary N) is 1. The number of esters is 1. The van der Waals surface area contributed by atoms with Gasteiger partial charge in [-0.25, -0.2) is 24.7 Å². The quantitative estimate of drug-likeness (QED) is 0.419. The fourth-order valence-electron chi connectivity index (χ4n) is 3.74. The highest BCUT2D eigenvalue weighted by molar-refractivity contribution is 6.04.